The molecular weight excluding hydrogens is 434 g/mol. The highest BCUT2D eigenvalue weighted by Gasteiger charge is 2.30. The highest BCUT2D eigenvalue weighted by atomic mass is 79.9. The molecule has 0 aliphatic carbocycles. The molecule has 1 saturated heterocycles. The van der Waals surface area contributed by atoms with Gasteiger partial charge in [-0.25, -0.2) is 0 Å². The number of carboxylic acids is 1. The number of piperidine rings is 1. The Hall–Kier alpha value is -1.17. The largest absolute Gasteiger partial charge is 0.481 e. The lowest BCUT2D eigenvalue weighted by Gasteiger charge is -2.37. The van der Waals surface area contributed by atoms with E-state index in [1.54, 1.807) is 0 Å². The smallest absolute Gasteiger partial charge is 0.306 e. The van der Waals surface area contributed by atoms with Gasteiger partial charge in [-0.05, 0) is 55.3 Å². The average molecular weight is 453 g/mol. The molecule has 3 nitrogen and oxygen atoms in total. The predicted molar refractivity (Wildman–Crippen MR) is 102 cm³/mol. The zero-order valence-corrected chi connectivity index (χ0v) is 16.3. The lowest BCUT2D eigenvalue weighted by molar-refractivity contribution is -0.143. The van der Waals surface area contributed by atoms with Gasteiger partial charge in [-0.3, -0.25) is 9.69 Å². The quantitative estimate of drug-likeness (QED) is 0.701. The van der Waals surface area contributed by atoms with Crippen LogP contribution in [0.2, 0.25) is 0 Å². The van der Waals surface area contributed by atoms with Gasteiger partial charge in [0.25, 0.3) is 0 Å². The fourth-order valence-electron chi connectivity index (χ4n) is 3.37. The normalized spacial score (nSPS) is 17.6. The molecule has 1 aliphatic heterocycles. The molecule has 0 aromatic heterocycles. The van der Waals surface area contributed by atoms with Gasteiger partial charge in [-0.2, -0.15) is 0 Å². The van der Waals surface area contributed by atoms with Crippen LogP contribution in [-0.2, 0) is 4.79 Å². The summed E-state index contributed by atoms with van der Waals surface area (Å²) < 4.78 is 2.13. The molecule has 2 aromatic carbocycles. The van der Waals surface area contributed by atoms with Crippen LogP contribution in [0.3, 0.4) is 0 Å². The molecule has 0 saturated carbocycles. The van der Waals surface area contributed by atoms with Crippen molar-refractivity contribution in [3.05, 3.63) is 68.6 Å². The molecule has 1 atom stereocenters. The number of nitrogens with zero attached hydrogens (tertiary/aromatic N) is 1. The van der Waals surface area contributed by atoms with Crippen molar-refractivity contribution in [1.29, 1.82) is 0 Å². The molecule has 1 heterocycles. The van der Waals surface area contributed by atoms with Crippen molar-refractivity contribution in [3.8, 4) is 0 Å². The number of likely N-dealkylation sites (tertiary alicyclic amines) is 1. The molecule has 3 rings (SSSR count). The van der Waals surface area contributed by atoms with E-state index in [1.165, 1.54) is 11.1 Å². The van der Waals surface area contributed by atoms with E-state index in [9.17, 15) is 9.90 Å². The topological polar surface area (TPSA) is 40.5 Å². The Bertz CT molecular complexity index is 727. The van der Waals surface area contributed by atoms with Crippen molar-refractivity contribution in [2.24, 2.45) is 5.92 Å². The minimum Gasteiger partial charge on any atom is -0.481 e. The number of hydrogen-bond acceptors (Lipinski definition) is 2. The summed E-state index contributed by atoms with van der Waals surface area (Å²) in [5, 5.41) is 9.25. The van der Waals surface area contributed by atoms with E-state index in [4.69, 9.17) is 0 Å². The third-order valence-electron chi connectivity index (χ3n) is 4.61. The highest BCUT2D eigenvalue weighted by Crippen LogP contribution is 2.36. The van der Waals surface area contributed by atoms with Gasteiger partial charge in [0.15, 0.2) is 0 Å². The van der Waals surface area contributed by atoms with Crippen molar-refractivity contribution in [3.63, 3.8) is 0 Å². The first kappa shape index (κ1) is 17.6. The fraction of sp³-hybridized carbons (Fsp3) is 0.316. The molecule has 2 aromatic rings. The van der Waals surface area contributed by atoms with Crippen molar-refractivity contribution in [2.45, 2.75) is 18.9 Å². The Morgan fingerprint density at radius 2 is 1.79 bits per heavy atom. The summed E-state index contributed by atoms with van der Waals surface area (Å²) in [6.07, 6.45) is 1.40. The second kappa shape index (κ2) is 7.81. The number of halogens is 2. The summed E-state index contributed by atoms with van der Waals surface area (Å²) in [6.45, 7) is 1.57. The molecule has 0 spiro atoms. The summed E-state index contributed by atoms with van der Waals surface area (Å²) in [6, 6.07) is 16.7. The van der Waals surface area contributed by atoms with E-state index >= 15 is 0 Å². The van der Waals surface area contributed by atoms with Crippen LogP contribution >= 0.6 is 31.9 Å². The Morgan fingerprint density at radius 1 is 1.08 bits per heavy atom. The molecule has 24 heavy (non-hydrogen) atoms. The zero-order valence-electron chi connectivity index (χ0n) is 13.2. The van der Waals surface area contributed by atoms with E-state index in [0.717, 1.165) is 22.0 Å². The van der Waals surface area contributed by atoms with Crippen LogP contribution in [0.4, 0.5) is 0 Å². The van der Waals surface area contributed by atoms with Gasteiger partial charge in [0.1, 0.15) is 0 Å². The minimum absolute atomic E-state index is 0.118. The standard InChI is InChI=1S/C19H19Br2NO2/c20-15-5-3-4-14(12-15)18(16-6-1-2-7-17(16)21)22-10-8-13(9-11-22)19(23)24/h1-7,12-13,18H,8-11H2,(H,23,24). The van der Waals surface area contributed by atoms with E-state index in [1.807, 2.05) is 18.2 Å². The van der Waals surface area contributed by atoms with Crippen LogP contribution in [0.15, 0.2) is 57.5 Å². The summed E-state index contributed by atoms with van der Waals surface area (Å²) >= 11 is 7.25. The number of carbonyl (C=O) groups is 1. The fourth-order valence-corrected chi connectivity index (χ4v) is 4.28. The molecule has 0 amide bonds. The van der Waals surface area contributed by atoms with Gasteiger partial charge < -0.3 is 5.11 Å². The number of hydrogen-bond donors (Lipinski definition) is 1. The maximum Gasteiger partial charge on any atom is 0.306 e. The first-order valence-electron chi connectivity index (χ1n) is 8.03. The van der Waals surface area contributed by atoms with Crippen molar-refractivity contribution >= 4 is 37.8 Å². The molecule has 1 unspecified atom stereocenters. The molecular formula is C19H19Br2NO2. The predicted octanol–water partition coefficient (Wildman–Crippen LogP) is 5.10. The van der Waals surface area contributed by atoms with Gasteiger partial charge >= 0.3 is 5.97 Å². The molecule has 1 fully saturated rings. The molecule has 126 valence electrons. The zero-order chi connectivity index (χ0) is 17.1. The van der Waals surface area contributed by atoms with Crippen LogP contribution in [0.25, 0.3) is 0 Å². The third-order valence-corrected chi connectivity index (χ3v) is 5.82. The third kappa shape index (κ3) is 3.90. The molecule has 1 N–H and O–H groups in total. The lowest BCUT2D eigenvalue weighted by Crippen LogP contribution is -2.39. The van der Waals surface area contributed by atoms with Crippen LogP contribution in [-0.4, -0.2) is 29.1 Å². The average Bonchev–Trinajstić information content (AvgIpc) is 2.57. The van der Waals surface area contributed by atoms with Gasteiger partial charge in [0.05, 0.1) is 12.0 Å². The Kier molecular flexibility index (Phi) is 5.74. The van der Waals surface area contributed by atoms with Gasteiger partial charge in [0.2, 0.25) is 0 Å². The van der Waals surface area contributed by atoms with E-state index in [-0.39, 0.29) is 12.0 Å². The summed E-state index contributed by atoms with van der Waals surface area (Å²) in [4.78, 5) is 13.6. The van der Waals surface area contributed by atoms with E-state index in [0.29, 0.717) is 12.8 Å². The Labute approximate surface area is 158 Å². The molecule has 1 aliphatic rings. The van der Waals surface area contributed by atoms with Crippen LogP contribution < -0.4 is 0 Å². The highest BCUT2D eigenvalue weighted by molar-refractivity contribution is 9.10. The van der Waals surface area contributed by atoms with Crippen molar-refractivity contribution < 1.29 is 9.90 Å². The molecule has 0 radical (unpaired) electrons. The number of aliphatic carboxylic acids is 1. The van der Waals surface area contributed by atoms with Gasteiger partial charge in [-0.1, -0.05) is 62.2 Å². The number of carboxylic acid groups (broad SMARTS) is 1. The maximum absolute atomic E-state index is 11.2. The molecule has 0 bridgehead atoms. The number of benzene rings is 2. The second-order valence-corrected chi connectivity index (χ2v) is 7.90. The van der Waals surface area contributed by atoms with E-state index in [2.05, 4.69) is 67.1 Å². The Morgan fingerprint density at radius 3 is 2.42 bits per heavy atom. The van der Waals surface area contributed by atoms with Crippen LogP contribution in [0.1, 0.15) is 30.0 Å². The van der Waals surface area contributed by atoms with E-state index < -0.39 is 5.97 Å². The lowest BCUT2D eigenvalue weighted by atomic mass is 9.91. The number of rotatable bonds is 4. The SMILES string of the molecule is O=C(O)C1CCN(C(c2cccc(Br)c2)c2ccccc2Br)CC1. The summed E-state index contributed by atoms with van der Waals surface area (Å²) in [5.41, 5.74) is 2.43. The van der Waals surface area contributed by atoms with Crippen LogP contribution in [0.5, 0.6) is 0 Å². The van der Waals surface area contributed by atoms with Gasteiger partial charge in [-0.15, -0.1) is 0 Å². The van der Waals surface area contributed by atoms with Gasteiger partial charge in [0, 0.05) is 8.95 Å². The van der Waals surface area contributed by atoms with Crippen LogP contribution in [0, 0.1) is 5.92 Å². The summed E-state index contributed by atoms with van der Waals surface area (Å²) in [5.74, 6) is -0.891. The first-order chi connectivity index (χ1) is 11.6. The minimum atomic E-state index is -0.672. The maximum atomic E-state index is 11.2. The summed E-state index contributed by atoms with van der Waals surface area (Å²) in [7, 11) is 0. The Balaban J connectivity index is 1.95. The monoisotopic (exact) mass is 451 g/mol. The van der Waals surface area contributed by atoms with Crippen molar-refractivity contribution in [1.82, 2.24) is 4.90 Å². The first-order valence-corrected chi connectivity index (χ1v) is 9.61. The molecule has 5 heteroatoms. The van der Waals surface area contributed by atoms with Crippen molar-refractivity contribution in [2.75, 3.05) is 13.1 Å². The second-order valence-electron chi connectivity index (χ2n) is 6.13.